The number of anilines is 1. The van der Waals surface area contributed by atoms with Crippen LogP contribution < -0.4 is 4.90 Å². The fraction of sp³-hybridized carbons (Fsp3) is 0.647. The first-order chi connectivity index (χ1) is 9.65. The number of rotatable bonds is 2. The Labute approximate surface area is 131 Å². The van der Waals surface area contributed by atoms with Gasteiger partial charge >= 0.3 is 0 Å². The molecule has 0 N–H and O–H groups in total. The first kappa shape index (κ1) is 14.4. The van der Waals surface area contributed by atoms with Gasteiger partial charge in [-0.05, 0) is 76.4 Å². The topological polar surface area (TPSA) is 6.48 Å². The fourth-order valence-electron chi connectivity index (χ4n) is 3.86. The molecular weight excluding hydrogens is 312 g/mol. The summed E-state index contributed by atoms with van der Waals surface area (Å²) in [5.74, 6) is 0. The molecule has 3 rings (SSSR count). The monoisotopic (exact) mass is 336 g/mol. The Kier molecular flexibility index (Phi) is 4.37. The van der Waals surface area contributed by atoms with Crippen LogP contribution in [0, 0.1) is 0 Å². The normalized spacial score (nSPS) is 26.7. The Bertz CT molecular complexity index is 464. The van der Waals surface area contributed by atoms with Gasteiger partial charge in [-0.25, -0.2) is 0 Å². The molecular formula is C17H25BrN2. The predicted molar refractivity (Wildman–Crippen MR) is 89.5 cm³/mol. The molecule has 0 unspecified atom stereocenters. The molecule has 0 bridgehead atoms. The van der Waals surface area contributed by atoms with E-state index in [1.54, 1.807) is 0 Å². The number of nitrogens with zero attached hydrogens (tertiary/aromatic N) is 2. The van der Waals surface area contributed by atoms with Crippen LogP contribution in [0.15, 0.2) is 22.7 Å². The van der Waals surface area contributed by atoms with E-state index in [1.807, 2.05) is 0 Å². The zero-order valence-electron chi connectivity index (χ0n) is 12.6. The van der Waals surface area contributed by atoms with Crippen LogP contribution in [0.5, 0.6) is 0 Å². The minimum Gasteiger partial charge on any atom is -0.368 e. The SMILES string of the molecule is CN(C)C1CCC(N2CCCc3cc(Br)ccc32)CC1. The summed E-state index contributed by atoms with van der Waals surface area (Å²) < 4.78 is 1.22. The zero-order chi connectivity index (χ0) is 14.1. The van der Waals surface area contributed by atoms with E-state index in [1.165, 1.54) is 60.8 Å². The lowest BCUT2D eigenvalue weighted by atomic mass is 9.88. The highest BCUT2D eigenvalue weighted by Crippen LogP contribution is 2.35. The van der Waals surface area contributed by atoms with Gasteiger partial charge in [-0.15, -0.1) is 0 Å². The summed E-state index contributed by atoms with van der Waals surface area (Å²) in [5, 5.41) is 0. The van der Waals surface area contributed by atoms with Crippen molar-refractivity contribution in [3.8, 4) is 0 Å². The molecule has 20 heavy (non-hydrogen) atoms. The van der Waals surface area contributed by atoms with Gasteiger partial charge in [-0.1, -0.05) is 15.9 Å². The second-order valence-electron chi connectivity index (χ2n) is 6.50. The van der Waals surface area contributed by atoms with Gasteiger partial charge in [0.1, 0.15) is 0 Å². The van der Waals surface area contributed by atoms with Crippen molar-refractivity contribution in [1.29, 1.82) is 0 Å². The molecule has 0 spiro atoms. The maximum Gasteiger partial charge on any atom is 0.0402 e. The third-order valence-electron chi connectivity index (χ3n) is 5.03. The molecule has 1 fully saturated rings. The molecule has 1 aliphatic carbocycles. The van der Waals surface area contributed by atoms with Gasteiger partial charge in [0.05, 0.1) is 0 Å². The predicted octanol–water partition coefficient (Wildman–Crippen LogP) is 4.07. The Morgan fingerprint density at radius 3 is 2.60 bits per heavy atom. The Balaban J connectivity index is 1.74. The average Bonchev–Trinajstić information content (AvgIpc) is 2.46. The number of benzene rings is 1. The summed E-state index contributed by atoms with van der Waals surface area (Å²) in [7, 11) is 4.44. The van der Waals surface area contributed by atoms with Gasteiger partial charge in [-0.2, -0.15) is 0 Å². The zero-order valence-corrected chi connectivity index (χ0v) is 14.2. The lowest BCUT2D eigenvalue weighted by Gasteiger charge is -2.42. The molecule has 1 aromatic rings. The van der Waals surface area contributed by atoms with Gasteiger partial charge in [-0.3, -0.25) is 0 Å². The van der Waals surface area contributed by atoms with Crippen molar-refractivity contribution >= 4 is 21.6 Å². The van der Waals surface area contributed by atoms with Crippen LogP contribution in [-0.2, 0) is 6.42 Å². The van der Waals surface area contributed by atoms with E-state index >= 15 is 0 Å². The van der Waals surface area contributed by atoms with Crippen molar-refractivity contribution in [3.63, 3.8) is 0 Å². The quantitative estimate of drug-likeness (QED) is 0.803. The fourth-order valence-corrected chi connectivity index (χ4v) is 4.27. The number of aryl methyl sites for hydroxylation is 1. The van der Waals surface area contributed by atoms with E-state index in [0.29, 0.717) is 0 Å². The highest BCUT2D eigenvalue weighted by atomic mass is 79.9. The number of hydrogen-bond acceptors (Lipinski definition) is 2. The lowest BCUT2D eigenvalue weighted by Crippen LogP contribution is -2.44. The molecule has 3 heteroatoms. The van der Waals surface area contributed by atoms with Crippen LogP contribution >= 0.6 is 15.9 Å². The molecule has 2 nitrogen and oxygen atoms in total. The van der Waals surface area contributed by atoms with Crippen LogP contribution in [0.3, 0.4) is 0 Å². The number of fused-ring (bicyclic) bond motifs is 1. The van der Waals surface area contributed by atoms with E-state index in [4.69, 9.17) is 0 Å². The third kappa shape index (κ3) is 2.89. The molecule has 1 aliphatic heterocycles. The molecule has 2 aliphatic rings. The standard InChI is InChI=1S/C17H25BrN2/c1-19(2)15-6-8-16(9-7-15)20-11-3-4-13-12-14(18)5-10-17(13)20/h5,10,12,15-16H,3-4,6-9,11H2,1-2H3. The number of hydrogen-bond donors (Lipinski definition) is 0. The minimum absolute atomic E-state index is 0.756. The summed E-state index contributed by atoms with van der Waals surface area (Å²) in [6.45, 7) is 1.24. The summed E-state index contributed by atoms with van der Waals surface area (Å²) in [4.78, 5) is 5.09. The third-order valence-corrected chi connectivity index (χ3v) is 5.53. The van der Waals surface area contributed by atoms with Crippen LogP contribution in [0.25, 0.3) is 0 Å². The summed E-state index contributed by atoms with van der Waals surface area (Å²) in [6.07, 6.45) is 7.92. The van der Waals surface area contributed by atoms with Gasteiger partial charge in [0.25, 0.3) is 0 Å². The van der Waals surface area contributed by atoms with E-state index in [2.05, 4.69) is 58.0 Å². The Morgan fingerprint density at radius 2 is 1.90 bits per heavy atom. The molecule has 1 saturated carbocycles. The molecule has 0 aromatic heterocycles. The first-order valence-corrected chi connectivity index (χ1v) is 8.66. The maximum absolute atomic E-state index is 3.61. The second-order valence-corrected chi connectivity index (χ2v) is 7.41. The lowest BCUT2D eigenvalue weighted by molar-refractivity contribution is 0.213. The van der Waals surface area contributed by atoms with E-state index in [9.17, 15) is 0 Å². The Hall–Kier alpha value is -0.540. The molecule has 0 amide bonds. The summed E-state index contributed by atoms with van der Waals surface area (Å²) in [6, 6.07) is 8.37. The van der Waals surface area contributed by atoms with E-state index in [0.717, 1.165) is 12.1 Å². The highest BCUT2D eigenvalue weighted by Gasteiger charge is 2.29. The van der Waals surface area contributed by atoms with Crippen LogP contribution in [-0.4, -0.2) is 37.6 Å². The van der Waals surface area contributed by atoms with E-state index < -0.39 is 0 Å². The van der Waals surface area contributed by atoms with Crippen LogP contribution in [0.2, 0.25) is 0 Å². The van der Waals surface area contributed by atoms with Gasteiger partial charge in [0.2, 0.25) is 0 Å². The largest absolute Gasteiger partial charge is 0.368 e. The van der Waals surface area contributed by atoms with Gasteiger partial charge < -0.3 is 9.80 Å². The van der Waals surface area contributed by atoms with Crippen LogP contribution in [0.4, 0.5) is 5.69 Å². The van der Waals surface area contributed by atoms with Crippen LogP contribution in [0.1, 0.15) is 37.7 Å². The van der Waals surface area contributed by atoms with Crippen molar-refractivity contribution < 1.29 is 0 Å². The summed E-state index contributed by atoms with van der Waals surface area (Å²) in [5.41, 5.74) is 3.02. The first-order valence-electron chi connectivity index (χ1n) is 7.86. The maximum atomic E-state index is 3.61. The van der Waals surface area contributed by atoms with Crippen molar-refractivity contribution in [2.24, 2.45) is 0 Å². The Morgan fingerprint density at radius 1 is 1.15 bits per heavy atom. The van der Waals surface area contributed by atoms with Gasteiger partial charge in [0, 0.05) is 28.8 Å². The smallest absolute Gasteiger partial charge is 0.0402 e. The second kappa shape index (κ2) is 6.07. The number of halogens is 1. The van der Waals surface area contributed by atoms with Crippen molar-refractivity contribution in [3.05, 3.63) is 28.2 Å². The molecule has 0 saturated heterocycles. The minimum atomic E-state index is 0.756. The van der Waals surface area contributed by atoms with Crippen molar-refractivity contribution in [1.82, 2.24) is 4.90 Å². The molecule has 0 radical (unpaired) electrons. The molecule has 1 aromatic carbocycles. The van der Waals surface area contributed by atoms with E-state index in [-0.39, 0.29) is 0 Å². The van der Waals surface area contributed by atoms with Crippen molar-refractivity contribution in [2.45, 2.75) is 50.6 Å². The molecule has 0 atom stereocenters. The summed E-state index contributed by atoms with van der Waals surface area (Å²) >= 11 is 3.61. The van der Waals surface area contributed by atoms with Gasteiger partial charge in [0.15, 0.2) is 0 Å². The van der Waals surface area contributed by atoms with Crippen molar-refractivity contribution in [2.75, 3.05) is 25.5 Å². The molecule has 1 heterocycles. The average molecular weight is 337 g/mol. The highest BCUT2D eigenvalue weighted by molar-refractivity contribution is 9.10. The molecule has 110 valence electrons.